The van der Waals surface area contributed by atoms with Crippen molar-refractivity contribution in [2.24, 2.45) is 5.73 Å². The van der Waals surface area contributed by atoms with E-state index in [9.17, 15) is 10.1 Å². The second-order valence-corrected chi connectivity index (χ2v) is 3.92. The van der Waals surface area contributed by atoms with Crippen molar-refractivity contribution in [1.29, 1.82) is 0 Å². The molecule has 1 rings (SSSR count). The molecule has 2 N–H and O–H groups in total. The fraction of sp³-hybridized carbons (Fsp3) is 0.500. The maximum absolute atomic E-state index is 10.9. The Morgan fingerprint density at radius 3 is 2.41 bits per heavy atom. The number of nitro groups is 1. The lowest BCUT2D eigenvalue weighted by atomic mass is 9.97. The van der Waals surface area contributed by atoms with Gasteiger partial charge in [0, 0.05) is 12.6 Å². The molecule has 0 aliphatic carbocycles. The van der Waals surface area contributed by atoms with E-state index < -0.39 is 10.5 Å². The van der Waals surface area contributed by atoms with E-state index in [4.69, 9.17) is 10.5 Å². The van der Waals surface area contributed by atoms with E-state index >= 15 is 0 Å². The third kappa shape index (κ3) is 2.94. The molecule has 17 heavy (non-hydrogen) atoms. The van der Waals surface area contributed by atoms with Crippen LogP contribution in [0.4, 0.5) is 5.69 Å². The van der Waals surface area contributed by atoms with Crippen LogP contribution in [0.5, 0.6) is 5.75 Å². The molecular formula is C12H18N2O3. The third-order valence-electron chi connectivity index (χ3n) is 3.05. The van der Waals surface area contributed by atoms with Crippen LogP contribution in [-0.2, 0) is 0 Å². The van der Waals surface area contributed by atoms with E-state index in [1.165, 1.54) is 6.07 Å². The van der Waals surface area contributed by atoms with Crippen LogP contribution < -0.4 is 10.5 Å². The predicted octanol–water partition coefficient (Wildman–Crippen LogP) is 2.49. The summed E-state index contributed by atoms with van der Waals surface area (Å²) in [7, 11) is 0. The van der Waals surface area contributed by atoms with Gasteiger partial charge in [0.2, 0.25) is 0 Å². The van der Waals surface area contributed by atoms with E-state index in [2.05, 4.69) is 0 Å². The lowest BCUT2D eigenvalue weighted by molar-refractivity contribution is -0.386. The zero-order chi connectivity index (χ0) is 12.9. The van der Waals surface area contributed by atoms with Crippen molar-refractivity contribution in [3.05, 3.63) is 34.4 Å². The summed E-state index contributed by atoms with van der Waals surface area (Å²) >= 11 is 0. The Kier molecular flexibility index (Phi) is 4.45. The molecule has 1 aromatic rings. The molecular weight excluding hydrogens is 220 g/mol. The van der Waals surface area contributed by atoms with Crippen LogP contribution in [0.25, 0.3) is 0 Å². The Hall–Kier alpha value is -1.62. The normalized spacial score (nSPS) is 11.2. The molecule has 5 heteroatoms. The van der Waals surface area contributed by atoms with Crippen molar-refractivity contribution in [2.75, 3.05) is 6.54 Å². The van der Waals surface area contributed by atoms with Crippen molar-refractivity contribution in [2.45, 2.75) is 32.3 Å². The summed E-state index contributed by atoms with van der Waals surface area (Å²) < 4.78 is 5.78. The quantitative estimate of drug-likeness (QED) is 0.610. The van der Waals surface area contributed by atoms with Gasteiger partial charge in [0.15, 0.2) is 5.75 Å². The Morgan fingerprint density at radius 2 is 1.94 bits per heavy atom. The summed E-state index contributed by atoms with van der Waals surface area (Å²) in [6.45, 7) is 4.27. The van der Waals surface area contributed by atoms with Gasteiger partial charge in [0.05, 0.1) is 4.92 Å². The molecule has 0 radical (unpaired) electrons. The molecule has 0 atom stereocenters. The molecule has 0 heterocycles. The number of nitro benzene ring substituents is 1. The Morgan fingerprint density at radius 1 is 1.35 bits per heavy atom. The van der Waals surface area contributed by atoms with Crippen LogP contribution >= 0.6 is 0 Å². The number of benzene rings is 1. The number of nitrogens with two attached hydrogens (primary N) is 1. The van der Waals surface area contributed by atoms with Crippen molar-refractivity contribution in [3.63, 3.8) is 0 Å². The number of rotatable bonds is 6. The number of para-hydroxylation sites is 2. The standard InChI is InChI=1S/C12H18N2O3/c1-3-12(4-2,9-13)17-11-8-6-5-7-10(11)14(15)16/h5-8H,3-4,9,13H2,1-2H3. The lowest BCUT2D eigenvalue weighted by Gasteiger charge is -2.30. The van der Waals surface area contributed by atoms with Gasteiger partial charge in [0.1, 0.15) is 5.60 Å². The highest BCUT2D eigenvalue weighted by Crippen LogP contribution is 2.31. The first-order chi connectivity index (χ1) is 8.08. The maximum atomic E-state index is 10.9. The van der Waals surface area contributed by atoms with Gasteiger partial charge in [-0.15, -0.1) is 0 Å². The SMILES string of the molecule is CCC(CC)(CN)Oc1ccccc1[N+](=O)[O-]. The highest BCUT2D eigenvalue weighted by Gasteiger charge is 2.29. The molecule has 0 saturated heterocycles. The highest BCUT2D eigenvalue weighted by atomic mass is 16.6. The first-order valence-corrected chi connectivity index (χ1v) is 5.71. The van der Waals surface area contributed by atoms with Crippen molar-refractivity contribution >= 4 is 5.69 Å². The van der Waals surface area contributed by atoms with Gasteiger partial charge in [-0.25, -0.2) is 0 Å². The van der Waals surface area contributed by atoms with Crippen molar-refractivity contribution in [3.8, 4) is 5.75 Å². The molecule has 0 aromatic heterocycles. The van der Waals surface area contributed by atoms with Gasteiger partial charge in [-0.2, -0.15) is 0 Å². The van der Waals surface area contributed by atoms with Gasteiger partial charge >= 0.3 is 5.69 Å². The van der Waals surface area contributed by atoms with Crippen LogP contribution in [0.1, 0.15) is 26.7 Å². The Labute approximate surface area is 101 Å². The van der Waals surface area contributed by atoms with E-state index in [-0.39, 0.29) is 11.4 Å². The Balaban J connectivity index is 3.05. The predicted molar refractivity (Wildman–Crippen MR) is 66.1 cm³/mol. The molecule has 0 fully saturated rings. The van der Waals surface area contributed by atoms with Crippen molar-refractivity contribution < 1.29 is 9.66 Å². The van der Waals surface area contributed by atoms with Crippen molar-refractivity contribution in [1.82, 2.24) is 0 Å². The fourth-order valence-corrected chi connectivity index (χ4v) is 1.65. The minimum Gasteiger partial charge on any atom is -0.479 e. The van der Waals surface area contributed by atoms with Crippen LogP contribution in [0.2, 0.25) is 0 Å². The highest BCUT2D eigenvalue weighted by molar-refractivity contribution is 5.46. The maximum Gasteiger partial charge on any atom is 0.310 e. The molecule has 0 aliphatic rings. The monoisotopic (exact) mass is 238 g/mol. The third-order valence-corrected chi connectivity index (χ3v) is 3.05. The Bertz CT molecular complexity index is 381. The topological polar surface area (TPSA) is 78.4 Å². The van der Waals surface area contributed by atoms with E-state index in [0.29, 0.717) is 19.4 Å². The first-order valence-electron chi connectivity index (χ1n) is 5.71. The molecule has 0 amide bonds. The van der Waals surface area contributed by atoms with Gasteiger partial charge < -0.3 is 10.5 Å². The first kappa shape index (κ1) is 13.4. The minimum atomic E-state index is -0.522. The molecule has 0 aliphatic heterocycles. The van der Waals surface area contributed by atoms with Gasteiger partial charge in [-0.3, -0.25) is 10.1 Å². The van der Waals surface area contributed by atoms with Gasteiger partial charge in [0.25, 0.3) is 0 Å². The van der Waals surface area contributed by atoms with Crippen LogP contribution in [0.3, 0.4) is 0 Å². The second kappa shape index (κ2) is 5.63. The number of ether oxygens (including phenoxy) is 1. The average Bonchev–Trinajstić information content (AvgIpc) is 2.36. The number of hydrogen-bond acceptors (Lipinski definition) is 4. The summed E-state index contributed by atoms with van der Waals surface area (Å²) in [5.41, 5.74) is 5.17. The molecule has 94 valence electrons. The summed E-state index contributed by atoms with van der Waals surface area (Å²) in [4.78, 5) is 10.4. The minimum absolute atomic E-state index is 0.0211. The van der Waals surface area contributed by atoms with E-state index in [1.54, 1.807) is 18.2 Å². The lowest BCUT2D eigenvalue weighted by Crippen LogP contribution is -2.42. The van der Waals surface area contributed by atoms with E-state index in [0.717, 1.165) is 0 Å². The molecule has 1 aromatic carbocycles. The molecule has 5 nitrogen and oxygen atoms in total. The summed E-state index contributed by atoms with van der Waals surface area (Å²) in [5.74, 6) is 0.284. The summed E-state index contributed by atoms with van der Waals surface area (Å²) in [5, 5.41) is 10.9. The van der Waals surface area contributed by atoms with Gasteiger partial charge in [-0.1, -0.05) is 26.0 Å². The molecule has 0 saturated carbocycles. The van der Waals surface area contributed by atoms with Crippen LogP contribution in [0.15, 0.2) is 24.3 Å². The summed E-state index contributed by atoms with van der Waals surface area (Å²) in [6, 6.07) is 6.37. The zero-order valence-electron chi connectivity index (χ0n) is 10.2. The van der Waals surface area contributed by atoms with Crippen LogP contribution in [0, 0.1) is 10.1 Å². The zero-order valence-corrected chi connectivity index (χ0v) is 10.2. The largest absolute Gasteiger partial charge is 0.479 e. The fourth-order valence-electron chi connectivity index (χ4n) is 1.65. The molecule has 0 spiro atoms. The number of nitrogens with zero attached hydrogens (tertiary/aromatic N) is 1. The molecule has 0 unspecified atom stereocenters. The average molecular weight is 238 g/mol. The second-order valence-electron chi connectivity index (χ2n) is 3.92. The number of hydrogen-bond donors (Lipinski definition) is 1. The smallest absolute Gasteiger partial charge is 0.310 e. The summed E-state index contributed by atoms with van der Waals surface area (Å²) in [6.07, 6.45) is 1.43. The van der Waals surface area contributed by atoms with E-state index in [1.807, 2.05) is 13.8 Å². The molecule has 0 bridgehead atoms. The van der Waals surface area contributed by atoms with Gasteiger partial charge in [-0.05, 0) is 18.9 Å². The van der Waals surface area contributed by atoms with Crippen LogP contribution in [-0.4, -0.2) is 17.1 Å².